The Labute approximate surface area is 221 Å². The summed E-state index contributed by atoms with van der Waals surface area (Å²) in [5.41, 5.74) is 13.8. The van der Waals surface area contributed by atoms with Gasteiger partial charge in [0.15, 0.2) is 5.82 Å². The number of imidazole rings is 1. The number of rotatable bonds is 7. The molecular weight excluding hydrogens is 487 g/mol. The second-order valence-corrected chi connectivity index (χ2v) is 9.92. The molecule has 4 heterocycles. The van der Waals surface area contributed by atoms with Crippen molar-refractivity contribution in [1.29, 1.82) is 0 Å². The Kier molecular flexibility index (Phi) is 7.70. The van der Waals surface area contributed by atoms with E-state index in [1.54, 1.807) is 25.4 Å². The molecule has 1 amide bonds. The molecule has 2 aromatic heterocycles. The van der Waals surface area contributed by atoms with E-state index < -0.39 is 5.91 Å². The van der Waals surface area contributed by atoms with Crippen molar-refractivity contribution < 1.29 is 9.18 Å². The van der Waals surface area contributed by atoms with Crippen molar-refractivity contribution >= 4 is 29.0 Å². The summed E-state index contributed by atoms with van der Waals surface area (Å²) < 4.78 is 14.9. The van der Waals surface area contributed by atoms with Gasteiger partial charge in [-0.15, -0.1) is 0 Å². The van der Waals surface area contributed by atoms with Gasteiger partial charge in [-0.2, -0.15) is 4.98 Å². The predicted molar refractivity (Wildman–Crippen MR) is 147 cm³/mol. The second-order valence-electron chi connectivity index (χ2n) is 9.92. The van der Waals surface area contributed by atoms with Crippen molar-refractivity contribution in [1.82, 2.24) is 19.9 Å². The summed E-state index contributed by atoms with van der Waals surface area (Å²) in [5.74, 6) is 0.905. The smallest absolute Gasteiger partial charge is 0.291 e. The quantitative estimate of drug-likeness (QED) is 0.315. The number of nitrogens with two attached hydrogens (primary N) is 2. The maximum absolute atomic E-state index is 14.9. The number of H-pyrrole nitrogens is 1. The Hall–Kier alpha value is -3.77. The Morgan fingerprint density at radius 2 is 1.95 bits per heavy atom. The minimum absolute atomic E-state index is 0.0978. The number of para-hydroxylation sites is 1. The summed E-state index contributed by atoms with van der Waals surface area (Å²) >= 11 is 0. The molecule has 5 rings (SSSR count). The first kappa shape index (κ1) is 25.9. The van der Waals surface area contributed by atoms with Crippen LogP contribution in [0.25, 0.3) is 11.4 Å². The zero-order valence-electron chi connectivity index (χ0n) is 21.6. The number of carbonyl (C=O) groups excluding carboxylic acids is 1. The Bertz CT molecular complexity index is 1270. The average molecular weight is 523 g/mol. The van der Waals surface area contributed by atoms with Gasteiger partial charge in [0.2, 0.25) is 5.95 Å². The fraction of sp³-hybridized carbons (Fsp3) is 0.462. The van der Waals surface area contributed by atoms with Gasteiger partial charge >= 0.3 is 0 Å². The van der Waals surface area contributed by atoms with E-state index in [1.807, 2.05) is 11.0 Å². The molecule has 0 aliphatic carbocycles. The number of aromatic amines is 1. The third kappa shape index (κ3) is 5.55. The van der Waals surface area contributed by atoms with Crippen LogP contribution in [0, 0.1) is 11.7 Å². The lowest BCUT2D eigenvalue weighted by Gasteiger charge is -2.34. The molecule has 1 aromatic carbocycles. The standard InChI is InChI=1S/C26H35FN10O/c1-30-26-34-20(12-22(35-26)37-9-3-4-17(29)15-37)21-14-31-24(32-21)25(38)33-19-6-2-5-18(27)23(19)36-10-7-16(13-28)8-11-36/h2,5-6,12,14,16-17H,3-4,7-11,13,15,28-29H2,1H3,(H,31,32)(H,33,38)(H,30,34,35)/t17-/m1/s1. The zero-order chi connectivity index (χ0) is 26.6. The molecule has 1 atom stereocenters. The van der Waals surface area contributed by atoms with E-state index in [0.717, 1.165) is 38.0 Å². The molecule has 3 aromatic rings. The highest BCUT2D eigenvalue weighted by Crippen LogP contribution is 2.33. The molecule has 38 heavy (non-hydrogen) atoms. The van der Waals surface area contributed by atoms with Crippen LogP contribution in [0.4, 0.5) is 27.5 Å². The van der Waals surface area contributed by atoms with Crippen molar-refractivity contribution in [2.24, 2.45) is 17.4 Å². The number of hydrogen-bond donors (Lipinski definition) is 5. The SMILES string of the molecule is CNc1nc(-c2c[nH]c(C(=O)Nc3cccc(F)c3N3CCC(CN)CC3)n2)cc(N2CCC[C@@H](N)C2)n1. The van der Waals surface area contributed by atoms with Gasteiger partial charge in [0, 0.05) is 51.5 Å². The van der Waals surface area contributed by atoms with Gasteiger partial charge in [0.05, 0.1) is 17.1 Å². The van der Waals surface area contributed by atoms with Crippen molar-refractivity contribution in [3.63, 3.8) is 0 Å². The first-order valence-electron chi connectivity index (χ1n) is 13.1. The van der Waals surface area contributed by atoms with Crippen LogP contribution in [-0.4, -0.2) is 71.7 Å². The molecule has 0 saturated carbocycles. The molecule has 0 bridgehead atoms. The monoisotopic (exact) mass is 522 g/mol. The molecule has 0 radical (unpaired) electrons. The van der Waals surface area contributed by atoms with Gasteiger partial charge in [0.25, 0.3) is 5.91 Å². The van der Waals surface area contributed by atoms with Crippen LogP contribution >= 0.6 is 0 Å². The van der Waals surface area contributed by atoms with E-state index in [9.17, 15) is 9.18 Å². The molecule has 7 N–H and O–H groups in total. The van der Waals surface area contributed by atoms with E-state index in [2.05, 4.69) is 35.5 Å². The maximum atomic E-state index is 14.9. The van der Waals surface area contributed by atoms with E-state index in [4.69, 9.17) is 11.5 Å². The molecule has 0 spiro atoms. The maximum Gasteiger partial charge on any atom is 0.291 e. The summed E-state index contributed by atoms with van der Waals surface area (Å²) in [6.45, 7) is 3.57. The van der Waals surface area contributed by atoms with Gasteiger partial charge in [-0.05, 0) is 50.3 Å². The van der Waals surface area contributed by atoms with Gasteiger partial charge in [0.1, 0.15) is 17.3 Å². The highest BCUT2D eigenvalue weighted by Gasteiger charge is 2.25. The average Bonchev–Trinajstić information content (AvgIpc) is 3.44. The fourth-order valence-corrected chi connectivity index (χ4v) is 5.14. The van der Waals surface area contributed by atoms with Crippen LogP contribution in [0.3, 0.4) is 0 Å². The molecule has 2 aliphatic rings. The van der Waals surface area contributed by atoms with Gasteiger partial charge in [-0.1, -0.05) is 6.07 Å². The van der Waals surface area contributed by atoms with Crippen molar-refractivity contribution in [2.75, 3.05) is 60.2 Å². The number of hydrogen-bond acceptors (Lipinski definition) is 9. The molecule has 2 saturated heterocycles. The van der Waals surface area contributed by atoms with Crippen LogP contribution < -0.4 is 31.9 Å². The highest BCUT2D eigenvalue weighted by atomic mass is 19.1. The normalized spacial score (nSPS) is 18.5. The number of nitrogens with zero attached hydrogens (tertiary/aromatic N) is 5. The molecule has 2 aliphatic heterocycles. The number of benzene rings is 1. The first-order chi connectivity index (χ1) is 18.4. The van der Waals surface area contributed by atoms with E-state index in [1.165, 1.54) is 6.07 Å². The fourth-order valence-electron chi connectivity index (χ4n) is 5.14. The van der Waals surface area contributed by atoms with Crippen LogP contribution in [0.15, 0.2) is 30.5 Å². The van der Waals surface area contributed by atoms with E-state index >= 15 is 0 Å². The molecule has 0 unspecified atom stereocenters. The van der Waals surface area contributed by atoms with Gasteiger partial charge in [-0.3, -0.25) is 4.79 Å². The Balaban J connectivity index is 1.35. The number of amides is 1. The second kappa shape index (κ2) is 11.3. The minimum Gasteiger partial charge on any atom is -0.367 e. The summed E-state index contributed by atoms with van der Waals surface area (Å²) in [7, 11) is 1.75. The number of carbonyl (C=O) groups is 1. The van der Waals surface area contributed by atoms with Gasteiger partial charge in [-0.25, -0.2) is 14.4 Å². The van der Waals surface area contributed by atoms with Crippen molar-refractivity contribution in [3.05, 3.63) is 42.1 Å². The van der Waals surface area contributed by atoms with Crippen LogP contribution in [0.2, 0.25) is 0 Å². The number of aromatic nitrogens is 4. The number of anilines is 4. The third-order valence-electron chi connectivity index (χ3n) is 7.27. The summed E-state index contributed by atoms with van der Waals surface area (Å²) in [6, 6.07) is 6.65. The first-order valence-corrected chi connectivity index (χ1v) is 13.1. The molecular formula is C26H35FN10O. The lowest BCUT2D eigenvalue weighted by atomic mass is 9.96. The Morgan fingerprint density at radius 1 is 1.13 bits per heavy atom. The lowest BCUT2D eigenvalue weighted by Crippen LogP contribution is -2.43. The van der Waals surface area contributed by atoms with Crippen molar-refractivity contribution in [2.45, 2.75) is 31.7 Å². The van der Waals surface area contributed by atoms with Crippen LogP contribution in [-0.2, 0) is 0 Å². The predicted octanol–water partition coefficient (Wildman–Crippen LogP) is 2.40. The minimum atomic E-state index is -0.468. The van der Waals surface area contributed by atoms with E-state index in [-0.39, 0.29) is 17.7 Å². The third-order valence-corrected chi connectivity index (χ3v) is 7.27. The molecule has 11 nitrogen and oxygen atoms in total. The topological polar surface area (TPSA) is 154 Å². The zero-order valence-corrected chi connectivity index (χ0v) is 21.6. The highest BCUT2D eigenvalue weighted by molar-refractivity contribution is 6.04. The number of nitrogens with one attached hydrogen (secondary N) is 3. The lowest BCUT2D eigenvalue weighted by molar-refractivity contribution is 0.101. The number of halogens is 1. The van der Waals surface area contributed by atoms with Crippen LogP contribution in [0.5, 0.6) is 0 Å². The van der Waals surface area contributed by atoms with E-state index in [0.29, 0.717) is 60.8 Å². The van der Waals surface area contributed by atoms with Gasteiger partial charge < -0.3 is 36.9 Å². The molecule has 202 valence electrons. The molecule has 2 fully saturated rings. The van der Waals surface area contributed by atoms with Crippen molar-refractivity contribution in [3.8, 4) is 11.4 Å². The Morgan fingerprint density at radius 3 is 2.68 bits per heavy atom. The summed E-state index contributed by atoms with van der Waals surface area (Å²) in [5, 5.41) is 5.83. The molecule has 12 heteroatoms. The summed E-state index contributed by atoms with van der Waals surface area (Å²) in [4.78, 5) is 33.8. The largest absolute Gasteiger partial charge is 0.367 e. The number of piperidine rings is 2. The summed E-state index contributed by atoms with van der Waals surface area (Å²) in [6.07, 6.45) is 5.39. The van der Waals surface area contributed by atoms with Crippen LogP contribution in [0.1, 0.15) is 36.3 Å².